The number of hydrogen-bond donors (Lipinski definition) is 1. The van der Waals surface area contributed by atoms with E-state index < -0.39 is 0 Å². The first-order chi connectivity index (χ1) is 14.4. The van der Waals surface area contributed by atoms with Crippen LogP contribution in [0.1, 0.15) is 29.8 Å². The van der Waals surface area contributed by atoms with Gasteiger partial charge < -0.3 is 10.2 Å². The normalized spacial score (nSPS) is 12.9. The smallest absolute Gasteiger partial charge is 0.261 e. The number of benzene rings is 2. The third kappa shape index (κ3) is 4.07. The van der Waals surface area contributed by atoms with E-state index in [9.17, 15) is 14.0 Å². The fourth-order valence-electron chi connectivity index (χ4n) is 3.36. The molecule has 30 heavy (non-hydrogen) atoms. The second kappa shape index (κ2) is 8.28. The summed E-state index contributed by atoms with van der Waals surface area (Å²) in [6.45, 7) is 3.93. The van der Waals surface area contributed by atoms with Crippen LogP contribution < -0.4 is 10.2 Å². The lowest BCUT2D eigenvalue weighted by Crippen LogP contribution is -2.37. The van der Waals surface area contributed by atoms with Gasteiger partial charge in [-0.25, -0.2) is 9.37 Å². The summed E-state index contributed by atoms with van der Waals surface area (Å²) in [5.74, 6) is -0.622. The third-order valence-electron chi connectivity index (χ3n) is 4.72. The van der Waals surface area contributed by atoms with Gasteiger partial charge in [-0.2, -0.15) is 0 Å². The number of hydrogen-bond acceptors (Lipinski definition) is 4. The molecule has 0 bridgehead atoms. The molecule has 2 heterocycles. The van der Waals surface area contributed by atoms with Crippen LogP contribution in [0.15, 0.2) is 70.7 Å². The second-order valence-electron chi connectivity index (χ2n) is 7.26. The number of carbonyl (C=O) groups excluding carboxylic acids is 2. The molecule has 0 spiro atoms. The summed E-state index contributed by atoms with van der Waals surface area (Å²) >= 11 is 1.41. The van der Waals surface area contributed by atoms with Crippen LogP contribution in [-0.2, 0) is 11.2 Å². The summed E-state index contributed by atoms with van der Waals surface area (Å²) in [6.07, 6.45) is 1.81. The highest BCUT2D eigenvalue weighted by molar-refractivity contribution is 7.99. The Hall–Kier alpha value is -3.19. The molecule has 0 aliphatic carbocycles. The minimum atomic E-state index is -0.333. The van der Waals surface area contributed by atoms with E-state index >= 15 is 0 Å². The molecule has 0 radical (unpaired) electrons. The molecule has 1 aromatic heterocycles. The van der Waals surface area contributed by atoms with Crippen molar-refractivity contribution in [1.29, 1.82) is 0 Å². The minimum Gasteiger partial charge on any atom is -0.326 e. The second-order valence-corrected chi connectivity index (χ2v) is 8.29. The average molecular weight is 421 g/mol. The predicted molar refractivity (Wildman–Crippen MR) is 115 cm³/mol. The molecular formula is C23H20FN3O2S. The number of amides is 2. The molecule has 1 aliphatic rings. The number of nitrogens with one attached hydrogen (secondary N) is 1. The van der Waals surface area contributed by atoms with Crippen LogP contribution in [0.5, 0.6) is 0 Å². The quantitative estimate of drug-likeness (QED) is 0.649. The van der Waals surface area contributed by atoms with Gasteiger partial charge in [0.1, 0.15) is 10.8 Å². The van der Waals surface area contributed by atoms with Gasteiger partial charge in [0, 0.05) is 22.8 Å². The number of nitrogens with zero attached hydrogens (tertiary/aromatic N) is 2. The van der Waals surface area contributed by atoms with Crippen molar-refractivity contribution in [2.75, 3.05) is 10.2 Å². The highest BCUT2D eigenvalue weighted by Gasteiger charge is 2.29. The lowest BCUT2D eigenvalue weighted by molar-refractivity contribution is -0.115. The van der Waals surface area contributed by atoms with Crippen LogP contribution in [0.2, 0.25) is 0 Å². The van der Waals surface area contributed by atoms with Gasteiger partial charge in [0.25, 0.3) is 5.91 Å². The van der Waals surface area contributed by atoms with Gasteiger partial charge in [-0.1, -0.05) is 23.9 Å². The number of rotatable bonds is 4. The molecule has 5 nitrogen and oxygen atoms in total. The Morgan fingerprint density at radius 1 is 1.17 bits per heavy atom. The topological polar surface area (TPSA) is 62.3 Å². The molecule has 7 heteroatoms. The van der Waals surface area contributed by atoms with Crippen molar-refractivity contribution in [2.24, 2.45) is 0 Å². The first-order valence-corrected chi connectivity index (χ1v) is 10.4. The van der Waals surface area contributed by atoms with Crippen molar-refractivity contribution >= 4 is 35.0 Å². The van der Waals surface area contributed by atoms with E-state index in [1.54, 1.807) is 41.4 Å². The lowest BCUT2D eigenvalue weighted by Gasteiger charge is -2.27. The van der Waals surface area contributed by atoms with E-state index in [-0.39, 0.29) is 30.1 Å². The average Bonchev–Trinajstić information content (AvgIpc) is 2.83. The zero-order valence-corrected chi connectivity index (χ0v) is 17.4. The number of fused-ring (bicyclic) bond motifs is 2. The maximum Gasteiger partial charge on any atom is 0.261 e. The van der Waals surface area contributed by atoms with Crippen LogP contribution in [0.25, 0.3) is 0 Å². The van der Waals surface area contributed by atoms with E-state index in [0.29, 0.717) is 16.3 Å². The summed E-state index contributed by atoms with van der Waals surface area (Å²) < 4.78 is 13.0. The SMILES string of the molecule is CC(C)N1C(=O)c2cccnc2Sc2cc(NC(=O)Cc3ccc(F)cc3)ccc21. The molecule has 0 saturated carbocycles. The summed E-state index contributed by atoms with van der Waals surface area (Å²) in [4.78, 5) is 32.5. The molecule has 152 valence electrons. The molecule has 3 aromatic rings. The van der Waals surface area contributed by atoms with Crippen molar-refractivity contribution in [3.8, 4) is 0 Å². The Morgan fingerprint density at radius 3 is 2.67 bits per heavy atom. The Labute approximate surface area is 178 Å². The molecule has 1 aliphatic heterocycles. The van der Waals surface area contributed by atoms with Gasteiger partial charge in [0.05, 0.1) is 17.7 Å². The van der Waals surface area contributed by atoms with Crippen LogP contribution in [-0.4, -0.2) is 22.8 Å². The number of anilines is 2. The highest BCUT2D eigenvalue weighted by Crippen LogP contribution is 2.42. The molecule has 4 rings (SSSR count). The van der Waals surface area contributed by atoms with Crippen LogP contribution in [0, 0.1) is 5.82 Å². The largest absolute Gasteiger partial charge is 0.326 e. The Kier molecular flexibility index (Phi) is 5.55. The van der Waals surface area contributed by atoms with Crippen LogP contribution in [0.4, 0.5) is 15.8 Å². The van der Waals surface area contributed by atoms with Gasteiger partial charge in [0.15, 0.2) is 0 Å². The van der Waals surface area contributed by atoms with Crippen molar-refractivity contribution < 1.29 is 14.0 Å². The van der Waals surface area contributed by atoms with Gasteiger partial charge >= 0.3 is 0 Å². The van der Waals surface area contributed by atoms with Gasteiger partial charge in [-0.3, -0.25) is 9.59 Å². The number of pyridine rings is 1. The Morgan fingerprint density at radius 2 is 1.93 bits per heavy atom. The van der Waals surface area contributed by atoms with E-state index in [4.69, 9.17) is 0 Å². The summed E-state index contributed by atoms with van der Waals surface area (Å²) in [5.41, 5.74) is 2.71. The lowest BCUT2D eigenvalue weighted by atomic mass is 10.1. The van der Waals surface area contributed by atoms with E-state index in [0.717, 1.165) is 16.1 Å². The van der Waals surface area contributed by atoms with Crippen LogP contribution in [0.3, 0.4) is 0 Å². The Bertz CT molecular complexity index is 1120. The fourth-order valence-corrected chi connectivity index (χ4v) is 4.40. The maximum absolute atomic E-state index is 13.1. The van der Waals surface area contributed by atoms with Crippen LogP contribution >= 0.6 is 11.8 Å². The molecular weight excluding hydrogens is 401 g/mol. The number of carbonyl (C=O) groups is 2. The van der Waals surface area contributed by atoms with Crippen molar-refractivity contribution in [3.05, 3.63) is 77.7 Å². The van der Waals surface area contributed by atoms with E-state index in [1.165, 1.54) is 23.9 Å². The Balaban J connectivity index is 1.62. The standard InChI is InChI=1S/C23H20FN3O2S/c1-14(2)27-19-10-9-17(26-21(28)12-15-5-7-16(24)8-6-15)13-20(19)30-22-18(23(27)29)4-3-11-25-22/h3-11,13-14H,12H2,1-2H3,(H,26,28). The van der Waals surface area contributed by atoms with Gasteiger partial charge in [-0.05, 0) is 61.9 Å². The first-order valence-electron chi connectivity index (χ1n) is 9.57. The number of halogens is 1. The molecule has 0 fully saturated rings. The van der Waals surface area contributed by atoms with Gasteiger partial charge in [0.2, 0.25) is 5.91 Å². The summed E-state index contributed by atoms with van der Waals surface area (Å²) in [5, 5.41) is 3.53. The molecule has 0 unspecified atom stereocenters. The minimum absolute atomic E-state index is 0.0399. The third-order valence-corrected chi connectivity index (χ3v) is 5.79. The summed E-state index contributed by atoms with van der Waals surface area (Å²) in [7, 11) is 0. The summed E-state index contributed by atoms with van der Waals surface area (Å²) in [6, 6.07) is 14.8. The number of aromatic nitrogens is 1. The molecule has 2 aromatic carbocycles. The molecule has 1 N–H and O–H groups in total. The van der Waals surface area contributed by atoms with E-state index in [2.05, 4.69) is 10.3 Å². The predicted octanol–water partition coefficient (Wildman–Crippen LogP) is 4.92. The van der Waals surface area contributed by atoms with Gasteiger partial charge in [-0.15, -0.1) is 0 Å². The van der Waals surface area contributed by atoms with E-state index in [1.807, 2.05) is 26.0 Å². The molecule has 2 amide bonds. The molecule has 0 saturated heterocycles. The van der Waals surface area contributed by atoms with Crippen molar-refractivity contribution in [3.63, 3.8) is 0 Å². The fraction of sp³-hybridized carbons (Fsp3) is 0.174. The zero-order chi connectivity index (χ0) is 21.3. The highest BCUT2D eigenvalue weighted by atomic mass is 32.2. The zero-order valence-electron chi connectivity index (χ0n) is 16.6. The monoisotopic (exact) mass is 421 g/mol. The van der Waals surface area contributed by atoms with Crippen molar-refractivity contribution in [1.82, 2.24) is 4.98 Å². The molecule has 0 atom stereocenters. The maximum atomic E-state index is 13.1. The van der Waals surface area contributed by atoms with Crippen molar-refractivity contribution in [2.45, 2.75) is 36.2 Å². The first kappa shape index (κ1) is 20.1.